The van der Waals surface area contributed by atoms with Crippen molar-refractivity contribution in [2.45, 2.75) is 26.3 Å². The van der Waals surface area contributed by atoms with Crippen molar-refractivity contribution in [1.82, 2.24) is 4.98 Å². The first-order chi connectivity index (χ1) is 18.8. The Labute approximate surface area is 229 Å². The lowest BCUT2D eigenvalue weighted by Gasteiger charge is -2.23. The molecule has 0 bridgehead atoms. The Balaban J connectivity index is 1.65. The number of aliphatic hydroxyl groups is 1. The minimum absolute atomic E-state index is 0.109. The zero-order valence-electron chi connectivity index (χ0n) is 21.7. The molecule has 1 atom stereocenters. The fraction of sp³-hybridized carbons (Fsp3) is 0.233. The summed E-state index contributed by atoms with van der Waals surface area (Å²) in [5, 5.41) is 11.6. The fourth-order valence-electron chi connectivity index (χ4n) is 4.42. The molecule has 1 aromatic heterocycles. The Hall–Kier alpha value is -4.24. The zero-order valence-corrected chi connectivity index (χ0v) is 22.5. The zero-order chi connectivity index (χ0) is 27.7. The van der Waals surface area contributed by atoms with Crippen molar-refractivity contribution in [2.24, 2.45) is 5.92 Å². The van der Waals surface area contributed by atoms with Gasteiger partial charge in [0, 0.05) is 5.56 Å². The van der Waals surface area contributed by atoms with E-state index < -0.39 is 29.3 Å². The van der Waals surface area contributed by atoms with Gasteiger partial charge >= 0.3 is 5.91 Å². The second-order valence-corrected chi connectivity index (χ2v) is 10.6. The molecule has 1 N–H and O–H groups in total. The molecule has 5 rings (SSSR count). The number of methoxy groups -OCH3 is 1. The number of carbonyl (C=O) groups excluding carboxylic acids is 2. The van der Waals surface area contributed by atoms with Gasteiger partial charge in [-0.25, -0.2) is 9.37 Å². The van der Waals surface area contributed by atoms with Crippen LogP contribution in [0.1, 0.15) is 37.4 Å². The lowest BCUT2D eigenvalue weighted by molar-refractivity contribution is -0.132. The van der Waals surface area contributed by atoms with Crippen molar-refractivity contribution in [3.05, 3.63) is 89.2 Å². The van der Waals surface area contributed by atoms with Crippen molar-refractivity contribution in [3.63, 3.8) is 0 Å². The quantitative estimate of drug-likeness (QED) is 0.154. The molecule has 1 aliphatic rings. The van der Waals surface area contributed by atoms with Crippen molar-refractivity contribution in [1.29, 1.82) is 0 Å². The number of halogens is 1. The van der Waals surface area contributed by atoms with Gasteiger partial charge in [0.25, 0.3) is 5.78 Å². The van der Waals surface area contributed by atoms with E-state index in [1.54, 1.807) is 43.5 Å². The van der Waals surface area contributed by atoms with Crippen molar-refractivity contribution in [2.75, 3.05) is 18.6 Å². The molecule has 1 unspecified atom stereocenters. The summed E-state index contributed by atoms with van der Waals surface area (Å²) >= 11 is 1.24. The average Bonchev–Trinajstić information content (AvgIpc) is 3.46. The molecule has 3 aromatic carbocycles. The second kappa shape index (κ2) is 10.9. The molecule has 0 saturated carbocycles. The van der Waals surface area contributed by atoms with Crippen LogP contribution in [-0.4, -0.2) is 35.5 Å². The van der Waals surface area contributed by atoms with Crippen LogP contribution in [0.2, 0.25) is 0 Å². The standard InChI is InChI=1S/C30H27FN2O5S/c1-17(2)13-14-38-22-6-4-5-19(15-22)26-25(27(34)18-7-9-20(31)10-8-18)28(35)29(36)33(26)30-32-23-12-11-21(37-3)16-24(23)39-30/h4-12,15-17,26,34H,13-14H2,1-3H3/b27-25+. The smallest absolute Gasteiger partial charge is 0.301 e. The van der Waals surface area contributed by atoms with Crippen LogP contribution in [0.25, 0.3) is 16.0 Å². The van der Waals surface area contributed by atoms with E-state index in [-0.39, 0.29) is 11.1 Å². The first-order valence-corrected chi connectivity index (χ1v) is 13.3. The summed E-state index contributed by atoms with van der Waals surface area (Å²) in [6, 6.07) is 16.6. The van der Waals surface area contributed by atoms with Crippen LogP contribution in [0.3, 0.4) is 0 Å². The van der Waals surface area contributed by atoms with Crippen LogP contribution in [0.15, 0.2) is 72.3 Å². The van der Waals surface area contributed by atoms with E-state index in [4.69, 9.17) is 9.47 Å². The Kier molecular flexibility index (Phi) is 7.34. The molecule has 1 saturated heterocycles. The third-order valence-electron chi connectivity index (χ3n) is 6.49. The van der Waals surface area contributed by atoms with E-state index in [0.717, 1.165) is 11.1 Å². The Morgan fingerprint density at radius 3 is 2.56 bits per heavy atom. The van der Waals surface area contributed by atoms with Gasteiger partial charge < -0.3 is 14.6 Å². The van der Waals surface area contributed by atoms with Gasteiger partial charge in [0.1, 0.15) is 23.1 Å². The van der Waals surface area contributed by atoms with Crippen molar-refractivity contribution in [3.8, 4) is 11.5 Å². The third kappa shape index (κ3) is 5.22. The third-order valence-corrected chi connectivity index (χ3v) is 7.51. The number of carbonyl (C=O) groups is 2. The van der Waals surface area contributed by atoms with Crippen LogP contribution in [0.4, 0.5) is 9.52 Å². The predicted molar refractivity (Wildman–Crippen MR) is 149 cm³/mol. The average molecular weight is 547 g/mol. The number of ketones is 1. The Morgan fingerprint density at radius 1 is 1.08 bits per heavy atom. The maximum absolute atomic E-state index is 13.6. The molecular weight excluding hydrogens is 519 g/mol. The van der Waals surface area contributed by atoms with Gasteiger partial charge in [-0.2, -0.15) is 0 Å². The number of aliphatic hydroxyl groups excluding tert-OH is 1. The molecule has 2 heterocycles. The number of anilines is 1. The monoisotopic (exact) mass is 546 g/mol. The molecule has 0 spiro atoms. The van der Waals surface area contributed by atoms with Crippen LogP contribution in [-0.2, 0) is 9.59 Å². The van der Waals surface area contributed by atoms with E-state index in [2.05, 4.69) is 18.8 Å². The van der Waals surface area contributed by atoms with Crippen LogP contribution in [0.5, 0.6) is 11.5 Å². The molecule has 9 heteroatoms. The molecule has 0 radical (unpaired) electrons. The Bertz CT molecular complexity index is 1580. The summed E-state index contributed by atoms with van der Waals surface area (Å²) in [6.45, 7) is 4.73. The van der Waals surface area contributed by atoms with Gasteiger partial charge in [-0.05, 0) is 72.5 Å². The van der Waals surface area contributed by atoms with Gasteiger partial charge in [-0.15, -0.1) is 0 Å². The largest absolute Gasteiger partial charge is 0.507 e. The van der Waals surface area contributed by atoms with Gasteiger partial charge in [0.15, 0.2) is 5.13 Å². The lowest BCUT2D eigenvalue weighted by atomic mass is 9.95. The molecule has 0 aliphatic carbocycles. The number of nitrogens with zero attached hydrogens (tertiary/aromatic N) is 2. The molecule has 1 amide bonds. The number of ether oxygens (including phenoxy) is 2. The first kappa shape index (κ1) is 26.4. The topological polar surface area (TPSA) is 89.0 Å². The number of thiazole rings is 1. The molecule has 1 fully saturated rings. The summed E-state index contributed by atoms with van der Waals surface area (Å²) in [5.41, 5.74) is 1.32. The first-order valence-electron chi connectivity index (χ1n) is 12.5. The van der Waals surface area contributed by atoms with Crippen molar-refractivity contribution >= 4 is 44.1 Å². The molecular formula is C30H27FN2O5S. The number of hydrogen-bond acceptors (Lipinski definition) is 7. The van der Waals surface area contributed by atoms with E-state index in [1.807, 2.05) is 6.07 Å². The summed E-state index contributed by atoms with van der Waals surface area (Å²) in [7, 11) is 1.56. The maximum Gasteiger partial charge on any atom is 0.301 e. The van der Waals surface area contributed by atoms with Crippen LogP contribution >= 0.6 is 11.3 Å². The number of fused-ring (bicyclic) bond motifs is 1. The summed E-state index contributed by atoms with van der Waals surface area (Å²) in [6.07, 6.45) is 0.864. The minimum Gasteiger partial charge on any atom is -0.507 e. The highest BCUT2D eigenvalue weighted by atomic mass is 32.1. The van der Waals surface area contributed by atoms with E-state index in [1.165, 1.54) is 40.5 Å². The highest BCUT2D eigenvalue weighted by molar-refractivity contribution is 7.22. The van der Waals surface area contributed by atoms with Crippen LogP contribution in [0, 0.1) is 11.7 Å². The lowest BCUT2D eigenvalue weighted by Crippen LogP contribution is -2.29. The highest BCUT2D eigenvalue weighted by Gasteiger charge is 2.48. The maximum atomic E-state index is 13.6. The number of amides is 1. The SMILES string of the molecule is COc1ccc2nc(N3C(=O)C(=O)/C(=C(/O)c4ccc(F)cc4)C3c3cccc(OCCC(C)C)c3)sc2c1. The van der Waals surface area contributed by atoms with Gasteiger partial charge in [-0.1, -0.05) is 37.3 Å². The summed E-state index contributed by atoms with van der Waals surface area (Å²) in [5.74, 6) is -0.873. The van der Waals surface area contributed by atoms with E-state index in [0.29, 0.717) is 40.2 Å². The van der Waals surface area contributed by atoms with Gasteiger partial charge in [0.2, 0.25) is 0 Å². The number of hydrogen-bond donors (Lipinski definition) is 1. The Morgan fingerprint density at radius 2 is 1.85 bits per heavy atom. The fourth-order valence-corrected chi connectivity index (χ4v) is 5.44. The van der Waals surface area contributed by atoms with E-state index >= 15 is 0 Å². The second-order valence-electron chi connectivity index (χ2n) is 9.61. The predicted octanol–water partition coefficient (Wildman–Crippen LogP) is 6.50. The number of aromatic nitrogens is 1. The van der Waals surface area contributed by atoms with Crippen LogP contribution < -0.4 is 14.4 Å². The number of rotatable bonds is 8. The number of benzene rings is 3. The molecule has 4 aromatic rings. The molecule has 1 aliphatic heterocycles. The molecule has 39 heavy (non-hydrogen) atoms. The van der Waals surface area contributed by atoms with Crippen molar-refractivity contribution < 1.29 is 28.6 Å². The van der Waals surface area contributed by atoms with Gasteiger partial charge in [-0.3, -0.25) is 14.5 Å². The minimum atomic E-state index is -0.980. The summed E-state index contributed by atoms with van der Waals surface area (Å²) < 4.78 is 25.6. The summed E-state index contributed by atoms with van der Waals surface area (Å²) in [4.78, 5) is 32.9. The normalized spacial score (nSPS) is 16.8. The van der Waals surface area contributed by atoms with E-state index in [9.17, 15) is 19.1 Å². The molecule has 200 valence electrons. The number of Topliss-reactive ketones (excluding diaryl/α,β-unsaturated/α-hetero) is 1. The molecule has 7 nitrogen and oxygen atoms in total. The highest BCUT2D eigenvalue weighted by Crippen LogP contribution is 2.45. The van der Waals surface area contributed by atoms with Gasteiger partial charge in [0.05, 0.1) is 35.5 Å².